The molecule has 0 atom stereocenters. The Morgan fingerprint density at radius 1 is 0.886 bits per heavy atom. The Labute approximate surface area is 203 Å². The van der Waals surface area contributed by atoms with Crippen LogP contribution in [0.1, 0.15) is 22.8 Å². The van der Waals surface area contributed by atoms with Crippen LogP contribution in [0.5, 0.6) is 5.75 Å². The smallest absolute Gasteiger partial charge is 0.329 e. The van der Waals surface area contributed by atoms with Crippen LogP contribution in [0.2, 0.25) is 0 Å². The number of hydrogen-bond acceptors (Lipinski definition) is 6. The summed E-state index contributed by atoms with van der Waals surface area (Å²) in [5.41, 5.74) is 4.92. The van der Waals surface area contributed by atoms with Gasteiger partial charge in [-0.15, -0.1) is 0 Å². The van der Waals surface area contributed by atoms with Crippen LogP contribution in [0, 0.1) is 0 Å². The fourth-order valence-corrected chi connectivity index (χ4v) is 3.04. The Balaban J connectivity index is 1.59. The van der Waals surface area contributed by atoms with Crippen molar-refractivity contribution in [1.29, 1.82) is 0 Å². The van der Waals surface area contributed by atoms with Crippen LogP contribution in [0.25, 0.3) is 0 Å². The zero-order chi connectivity index (χ0) is 25.2. The van der Waals surface area contributed by atoms with E-state index >= 15 is 0 Å². The third kappa shape index (κ3) is 7.16. The summed E-state index contributed by atoms with van der Waals surface area (Å²) in [6, 6.07) is 20.8. The topological polar surface area (TPSA) is 112 Å². The van der Waals surface area contributed by atoms with E-state index in [0.717, 1.165) is 11.3 Å². The van der Waals surface area contributed by atoms with E-state index in [1.54, 1.807) is 42.5 Å². The van der Waals surface area contributed by atoms with Gasteiger partial charge in [0.15, 0.2) is 0 Å². The molecule has 0 saturated heterocycles. The molecule has 0 saturated carbocycles. The van der Waals surface area contributed by atoms with Crippen molar-refractivity contribution in [3.05, 3.63) is 83.9 Å². The highest BCUT2D eigenvalue weighted by Gasteiger charge is 2.17. The van der Waals surface area contributed by atoms with Gasteiger partial charge in [-0.05, 0) is 61.0 Å². The molecule has 180 valence electrons. The first kappa shape index (κ1) is 25.0. The van der Waals surface area contributed by atoms with Crippen LogP contribution in [0.3, 0.4) is 0 Å². The van der Waals surface area contributed by atoms with Gasteiger partial charge in [-0.1, -0.05) is 24.3 Å². The van der Waals surface area contributed by atoms with Gasteiger partial charge >= 0.3 is 11.8 Å². The van der Waals surface area contributed by atoms with Crippen molar-refractivity contribution < 1.29 is 19.1 Å². The van der Waals surface area contributed by atoms with E-state index in [4.69, 9.17) is 4.74 Å². The van der Waals surface area contributed by atoms with E-state index in [9.17, 15) is 14.4 Å². The molecule has 9 heteroatoms. The summed E-state index contributed by atoms with van der Waals surface area (Å²) in [5, 5.41) is 9.04. The molecule has 0 aliphatic carbocycles. The molecule has 3 N–H and O–H groups in total. The molecule has 0 aliphatic heterocycles. The minimum absolute atomic E-state index is 0.194. The number of amides is 3. The number of carbonyl (C=O) groups excluding carboxylic acids is 3. The number of benzene rings is 3. The monoisotopic (exact) mass is 473 g/mol. The van der Waals surface area contributed by atoms with E-state index < -0.39 is 17.7 Å². The second-order valence-corrected chi connectivity index (χ2v) is 7.60. The van der Waals surface area contributed by atoms with Crippen molar-refractivity contribution in [2.75, 3.05) is 36.2 Å². The second-order valence-electron chi connectivity index (χ2n) is 7.60. The number of ether oxygens (including phenoxy) is 1. The summed E-state index contributed by atoms with van der Waals surface area (Å²) in [6.07, 6.45) is 1.43. The third-order valence-corrected chi connectivity index (χ3v) is 4.84. The van der Waals surface area contributed by atoms with Gasteiger partial charge in [0.2, 0.25) is 0 Å². The molecule has 35 heavy (non-hydrogen) atoms. The SMILES string of the molecule is CCOc1ccc(NC(=O)c2ccccc2NC(=O)C(=O)NN=Cc2ccc(N(C)C)cc2)cc1. The number of nitrogens with zero attached hydrogens (tertiary/aromatic N) is 2. The third-order valence-electron chi connectivity index (χ3n) is 4.84. The van der Waals surface area contributed by atoms with Crippen LogP contribution in [-0.4, -0.2) is 44.6 Å². The quantitative estimate of drug-likeness (QED) is 0.263. The highest BCUT2D eigenvalue weighted by molar-refractivity contribution is 6.40. The first-order valence-electron chi connectivity index (χ1n) is 10.9. The Bertz CT molecular complexity index is 1210. The molecule has 0 aliphatic rings. The van der Waals surface area contributed by atoms with Crippen molar-refractivity contribution >= 4 is 41.0 Å². The van der Waals surface area contributed by atoms with Gasteiger partial charge in [0.1, 0.15) is 5.75 Å². The summed E-state index contributed by atoms with van der Waals surface area (Å²) in [5.74, 6) is -1.67. The maximum atomic E-state index is 12.8. The number of carbonyl (C=O) groups is 3. The van der Waals surface area contributed by atoms with E-state index in [-0.39, 0.29) is 11.3 Å². The highest BCUT2D eigenvalue weighted by atomic mass is 16.5. The molecule has 0 radical (unpaired) electrons. The summed E-state index contributed by atoms with van der Waals surface area (Å²) in [4.78, 5) is 39.3. The zero-order valence-corrected chi connectivity index (χ0v) is 19.7. The van der Waals surface area contributed by atoms with Gasteiger partial charge in [0, 0.05) is 25.5 Å². The molecule has 3 aromatic carbocycles. The summed E-state index contributed by atoms with van der Waals surface area (Å²) < 4.78 is 5.39. The molecule has 0 fully saturated rings. The molecule has 3 rings (SSSR count). The zero-order valence-electron chi connectivity index (χ0n) is 19.7. The van der Waals surface area contributed by atoms with Crippen LogP contribution in [0.15, 0.2) is 77.9 Å². The Morgan fingerprint density at radius 3 is 2.23 bits per heavy atom. The molecule has 0 heterocycles. The summed E-state index contributed by atoms with van der Waals surface area (Å²) in [7, 11) is 3.87. The van der Waals surface area contributed by atoms with Crippen molar-refractivity contribution in [1.82, 2.24) is 5.43 Å². The predicted octanol–water partition coefficient (Wildman–Crippen LogP) is 3.49. The van der Waals surface area contributed by atoms with Gasteiger partial charge in [-0.25, -0.2) is 5.43 Å². The molecular formula is C26H27N5O4. The second kappa shape index (κ2) is 12.0. The molecule has 0 unspecified atom stereocenters. The van der Waals surface area contributed by atoms with E-state index in [0.29, 0.717) is 18.0 Å². The normalized spacial score (nSPS) is 10.5. The van der Waals surface area contributed by atoms with Gasteiger partial charge in [0.25, 0.3) is 5.91 Å². The standard InChI is InChI=1S/C26H27N5O4/c1-4-35-21-15-11-19(12-16-21)28-24(32)22-7-5-6-8-23(22)29-25(33)26(34)30-27-17-18-9-13-20(14-10-18)31(2)3/h5-17H,4H2,1-3H3,(H,28,32)(H,29,33)(H,30,34). The molecule has 3 aromatic rings. The Kier molecular flexibility index (Phi) is 8.55. The van der Waals surface area contributed by atoms with Gasteiger partial charge in [-0.2, -0.15) is 5.10 Å². The number of hydrazone groups is 1. The number of anilines is 3. The van der Waals surface area contributed by atoms with E-state index in [1.807, 2.05) is 50.2 Å². The molecule has 9 nitrogen and oxygen atoms in total. The number of hydrogen-bond donors (Lipinski definition) is 3. The van der Waals surface area contributed by atoms with Crippen molar-refractivity contribution in [2.24, 2.45) is 5.10 Å². The largest absolute Gasteiger partial charge is 0.494 e. The lowest BCUT2D eigenvalue weighted by molar-refractivity contribution is -0.136. The lowest BCUT2D eigenvalue weighted by Gasteiger charge is -2.12. The number of para-hydroxylation sites is 1. The molecular weight excluding hydrogens is 446 g/mol. The maximum Gasteiger partial charge on any atom is 0.329 e. The Morgan fingerprint density at radius 2 is 1.57 bits per heavy atom. The molecule has 3 amide bonds. The summed E-state index contributed by atoms with van der Waals surface area (Å²) in [6.45, 7) is 2.43. The van der Waals surface area contributed by atoms with Crippen molar-refractivity contribution in [3.8, 4) is 5.75 Å². The van der Waals surface area contributed by atoms with Crippen molar-refractivity contribution in [2.45, 2.75) is 6.92 Å². The minimum atomic E-state index is -0.965. The van der Waals surface area contributed by atoms with E-state index in [1.165, 1.54) is 12.3 Å². The maximum absolute atomic E-state index is 12.8. The molecule has 0 aromatic heterocycles. The highest BCUT2D eigenvalue weighted by Crippen LogP contribution is 2.20. The first-order valence-corrected chi connectivity index (χ1v) is 10.9. The molecule has 0 bridgehead atoms. The lowest BCUT2D eigenvalue weighted by atomic mass is 10.1. The lowest BCUT2D eigenvalue weighted by Crippen LogP contribution is -2.33. The van der Waals surface area contributed by atoms with Crippen LogP contribution in [0.4, 0.5) is 17.1 Å². The van der Waals surface area contributed by atoms with Crippen molar-refractivity contribution in [3.63, 3.8) is 0 Å². The van der Waals surface area contributed by atoms with Gasteiger partial charge < -0.3 is 20.3 Å². The number of nitrogens with one attached hydrogen (secondary N) is 3. The van der Waals surface area contributed by atoms with Crippen LogP contribution in [-0.2, 0) is 9.59 Å². The first-order chi connectivity index (χ1) is 16.9. The summed E-state index contributed by atoms with van der Waals surface area (Å²) >= 11 is 0. The fourth-order valence-electron chi connectivity index (χ4n) is 3.04. The van der Waals surface area contributed by atoms with Crippen LogP contribution < -0.4 is 25.7 Å². The Hall–Kier alpha value is -4.66. The van der Waals surface area contributed by atoms with Gasteiger partial charge in [-0.3, -0.25) is 14.4 Å². The molecule has 0 spiro atoms. The average Bonchev–Trinajstić information content (AvgIpc) is 2.86. The predicted molar refractivity (Wildman–Crippen MR) is 137 cm³/mol. The van der Waals surface area contributed by atoms with E-state index in [2.05, 4.69) is 21.2 Å². The number of rotatable bonds is 8. The van der Waals surface area contributed by atoms with Gasteiger partial charge in [0.05, 0.1) is 24.1 Å². The average molecular weight is 474 g/mol. The van der Waals surface area contributed by atoms with Crippen LogP contribution >= 0.6 is 0 Å². The minimum Gasteiger partial charge on any atom is -0.494 e. The fraction of sp³-hybridized carbons (Fsp3) is 0.154.